The summed E-state index contributed by atoms with van der Waals surface area (Å²) in [5, 5.41) is 7.45. The van der Waals surface area contributed by atoms with Gasteiger partial charge in [-0.1, -0.05) is 121 Å². The molecule has 1 heterocycles. The molecule has 0 N–H and O–H groups in total. The first-order valence-electron chi connectivity index (χ1n) is 14.8. The summed E-state index contributed by atoms with van der Waals surface area (Å²) in [6, 6.07) is 52.2. The number of aryl methyl sites for hydroxylation is 1. The Morgan fingerprint density at radius 3 is 1.58 bits per heavy atom. The minimum Gasteiger partial charge on any atom is -0.309 e. The van der Waals surface area contributed by atoms with E-state index in [-0.39, 0.29) is 0 Å². The van der Waals surface area contributed by atoms with Gasteiger partial charge in [0, 0.05) is 27.7 Å². The van der Waals surface area contributed by atoms with Crippen LogP contribution in [0, 0.1) is 6.92 Å². The maximum Gasteiger partial charge on any atom is 0.0683 e. The van der Waals surface area contributed by atoms with Crippen molar-refractivity contribution in [1.82, 2.24) is 4.57 Å². The van der Waals surface area contributed by atoms with E-state index in [0.717, 1.165) is 22.6 Å². The second-order valence-electron chi connectivity index (χ2n) is 11.2. The highest BCUT2D eigenvalue weighted by atomic mass is 15.0. The maximum atomic E-state index is 5.37. The van der Waals surface area contributed by atoms with Crippen LogP contribution in [-0.4, -0.2) is 10.3 Å². The molecule has 8 aromatic rings. The molecule has 0 saturated carbocycles. The number of hydrogen-bond donors (Lipinski definition) is 0. The average molecular weight is 551 g/mol. The van der Waals surface area contributed by atoms with Gasteiger partial charge in [-0.3, -0.25) is 4.99 Å². The van der Waals surface area contributed by atoms with Crippen molar-refractivity contribution in [2.45, 2.75) is 13.8 Å². The number of nitrogens with zero attached hydrogens (tertiary/aromatic N) is 2. The summed E-state index contributed by atoms with van der Waals surface area (Å²) >= 11 is 0. The Morgan fingerprint density at radius 1 is 0.512 bits per heavy atom. The van der Waals surface area contributed by atoms with Crippen molar-refractivity contribution in [2.75, 3.05) is 0 Å². The van der Waals surface area contributed by atoms with Gasteiger partial charge < -0.3 is 4.57 Å². The number of aromatic nitrogens is 1. The van der Waals surface area contributed by atoms with Gasteiger partial charge in [0.15, 0.2) is 0 Å². The molecule has 7 aromatic carbocycles. The molecule has 0 radical (unpaired) electrons. The lowest BCUT2D eigenvalue weighted by Gasteiger charge is -2.17. The summed E-state index contributed by atoms with van der Waals surface area (Å²) in [7, 11) is 0. The Kier molecular flexibility index (Phi) is 5.94. The molecule has 0 atom stereocenters. The fraction of sp³-hybridized carbons (Fsp3) is 0.0488. The van der Waals surface area contributed by atoms with Crippen LogP contribution < -0.4 is 0 Å². The van der Waals surface area contributed by atoms with Gasteiger partial charge in [0.2, 0.25) is 0 Å². The van der Waals surface area contributed by atoms with E-state index >= 15 is 0 Å². The maximum absolute atomic E-state index is 5.37. The largest absolute Gasteiger partial charge is 0.309 e. The van der Waals surface area contributed by atoms with Gasteiger partial charge in [-0.05, 0) is 76.3 Å². The zero-order valence-corrected chi connectivity index (χ0v) is 24.3. The minimum atomic E-state index is 0.983. The Hall–Kier alpha value is -5.47. The van der Waals surface area contributed by atoms with Crippen molar-refractivity contribution in [1.29, 1.82) is 0 Å². The van der Waals surface area contributed by atoms with Crippen molar-refractivity contribution in [3.05, 3.63) is 157 Å². The first-order chi connectivity index (χ1) is 21.2. The van der Waals surface area contributed by atoms with E-state index in [1.807, 2.05) is 0 Å². The molecule has 0 bridgehead atoms. The molecule has 8 rings (SSSR count). The van der Waals surface area contributed by atoms with Crippen molar-refractivity contribution in [3.63, 3.8) is 0 Å². The highest BCUT2D eigenvalue weighted by Gasteiger charge is 2.17. The molecule has 0 spiro atoms. The summed E-state index contributed by atoms with van der Waals surface area (Å²) in [4.78, 5) is 5.37. The lowest BCUT2D eigenvalue weighted by atomic mass is 9.87. The third-order valence-corrected chi connectivity index (χ3v) is 8.67. The van der Waals surface area contributed by atoms with Crippen LogP contribution in [0.25, 0.3) is 60.2 Å². The van der Waals surface area contributed by atoms with Crippen molar-refractivity contribution < 1.29 is 0 Å². The molecule has 0 aliphatic rings. The van der Waals surface area contributed by atoms with Crippen LogP contribution in [0.2, 0.25) is 0 Å². The molecule has 0 fully saturated rings. The second kappa shape index (κ2) is 10.1. The molecule has 2 nitrogen and oxygen atoms in total. The average Bonchev–Trinajstić information content (AvgIpc) is 3.39. The Morgan fingerprint density at radius 2 is 1.00 bits per heavy atom. The van der Waals surface area contributed by atoms with E-state index in [1.165, 1.54) is 60.0 Å². The minimum absolute atomic E-state index is 0.983. The Bertz CT molecular complexity index is 2250. The number of fused-ring (bicyclic) bond motifs is 5. The Labute approximate surface area is 251 Å². The molecular weight excluding hydrogens is 520 g/mol. The topological polar surface area (TPSA) is 17.3 Å². The third kappa shape index (κ3) is 4.06. The molecule has 0 amide bonds. The van der Waals surface area contributed by atoms with Crippen LogP contribution in [-0.2, 0) is 0 Å². The van der Waals surface area contributed by atoms with E-state index in [9.17, 15) is 0 Å². The number of hydrogen-bond acceptors (Lipinski definition) is 1. The van der Waals surface area contributed by atoms with Crippen molar-refractivity contribution in [2.24, 2.45) is 4.99 Å². The summed E-state index contributed by atoms with van der Waals surface area (Å²) in [5.74, 6) is 0. The molecule has 0 unspecified atom stereocenters. The lowest BCUT2D eigenvalue weighted by Crippen LogP contribution is -2.00. The monoisotopic (exact) mass is 550 g/mol. The fourth-order valence-corrected chi connectivity index (χ4v) is 6.73. The zero-order chi connectivity index (χ0) is 28.9. The fourth-order valence-electron chi connectivity index (χ4n) is 6.73. The highest BCUT2D eigenvalue weighted by molar-refractivity contribution is 6.25. The lowest BCUT2D eigenvalue weighted by molar-refractivity contribution is 1.17. The van der Waals surface area contributed by atoms with E-state index in [2.05, 4.69) is 164 Å². The van der Waals surface area contributed by atoms with E-state index in [4.69, 9.17) is 4.99 Å². The van der Waals surface area contributed by atoms with Crippen LogP contribution in [0.5, 0.6) is 0 Å². The number of benzene rings is 7. The van der Waals surface area contributed by atoms with Crippen LogP contribution >= 0.6 is 0 Å². The standard InChI is InChI=1S/C41H30N2/c1-27-24-25-30(43-38-22-12-10-16-31(38)32-17-11-13-23-39(32)43)26-37(27)42-28(2)40-33-18-6-8-20-35(33)41(29-14-4-3-5-15-29)36-21-9-7-19-34(36)40/h3-26H,1-2H3. The quantitative estimate of drug-likeness (QED) is 0.153. The number of para-hydroxylation sites is 2. The van der Waals surface area contributed by atoms with Crippen molar-refractivity contribution in [3.8, 4) is 16.8 Å². The molecule has 2 heteroatoms. The van der Waals surface area contributed by atoms with Gasteiger partial charge in [-0.2, -0.15) is 0 Å². The molecule has 1 aromatic heterocycles. The predicted octanol–water partition coefficient (Wildman–Crippen LogP) is 11.2. The van der Waals surface area contributed by atoms with Crippen LogP contribution in [0.15, 0.2) is 151 Å². The number of rotatable bonds is 4. The molecule has 43 heavy (non-hydrogen) atoms. The highest BCUT2D eigenvalue weighted by Crippen LogP contribution is 2.40. The van der Waals surface area contributed by atoms with Gasteiger partial charge in [-0.15, -0.1) is 0 Å². The summed E-state index contributed by atoms with van der Waals surface area (Å²) in [5.41, 5.74) is 10.3. The smallest absolute Gasteiger partial charge is 0.0683 e. The van der Waals surface area contributed by atoms with Crippen LogP contribution in [0.3, 0.4) is 0 Å². The van der Waals surface area contributed by atoms with Gasteiger partial charge in [-0.25, -0.2) is 0 Å². The summed E-state index contributed by atoms with van der Waals surface area (Å²) in [6.07, 6.45) is 0. The van der Waals surface area contributed by atoms with Gasteiger partial charge in [0.1, 0.15) is 0 Å². The van der Waals surface area contributed by atoms with E-state index in [0.29, 0.717) is 0 Å². The van der Waals surface area contributed by atoms with Gasteiger partial charge in [0.25, 0.3) is 0 Å². The van der Waals surface area contributed by atoms with Crippen molar-refractivity contribution >= 4 is 54.7 Å². The normalized spacial score (nSPS) is 12.1. The van der Waals surface area contributed by atoms with E-state index in [1.54, 1.807) is 0 Å². The third-order valence-electron chi connectivity index (χ3n) is 8.67. The molecule has 0 aliphatic carbocycles. The van der Waals surface area contributed by atoms with E-state index < -0.39 is 0 Å². The SMILES string of the molecule is CC(=Nc1cc(-n2c3ccccc3c3ccccc32)ccc1C)c1c2ccccc2c(-c2ccccc2)c2ccccc12. The summed E-state index contributed by atoms with van der Waals surface area (Å²) in [6.45, 7) is 4.31. The molecule has 0 saturated heterocycles. The molecular formula is C41H30N2. The van der Waals surface area contributed by atoms with Crippen LogP contribution in [0.1, 0.15) is 18.1 Å². The van der Waals surface area contributed by atoms with Gasteiger partial charge >= 0.3 is 0 Å². The van der Waals surface area contributed by atoms with Gasteiger partial charge in [0.05, 0.1) is 16.7 Å². The summed E-state index contributed by atoms with van der Waals surface area (Å²) < 4.78 is 2.36. The Balaban J connectivity index is 1.36. The molecule has 204 valence electrons. The van der Waals surface area contributed by atoms with Crippen LogP contribution in [0.4, 0.5) is 5.69 Å². The molecule has 0 aliphatic heterocycles. The first kappa shape index (κ1) is 25.3. The predicted molar refractivity (Wildman–Crippen MR) is 184 cm³/mol. The first-order valence-corrected chi connectivity index (χ1v) is 14.8. The zero-order valence-electron chi connectivity index (χ0n) is 24.3. The second-order valence-corrected chi connectivity index (χ2v) is 11.2. The number of aliphatic imine (C=N–C) groups is 1.